The molecule has 0 saturated carbocycles. The fraction of sp³-hybridized carbons (Fsp3) is 0.185. The first-order valence-corrected chi connectivity index (χ1v) is 12.7. The van der Waals surface area contributed by atoms with Crippen LogP contribution in [0.2, 0.25) is 0 Å². The van der Waals surface area contributed by atoms with E-state index in [1.165, 1.54) is 9.75 Å². The molecule has 9 heteroatoms. The lowest BCUT2D eigenvalue weighted by molar-refractivity contribution is 0.192. The van der Waals surface area contributed by atoms with Crippen LogP contribution >= 0.6 is 11.3 Å². The number of aromatic nitrogens is 6. The monoisotopic (exact) mass is 495 g/mol. The van der Waals surface area contributed by atoms with Gasteiger partial charge in [-0.15, -0.1) is 11.3 Å². The highest BCUT2D eigenvalue weighted by Gasteiger charge is 2.17. The highest BCUT2D eigenvalue weighted by molar-refractivity contribution is 7.15. The Morgan fingerprint density at radius 2 is 1.97 bits per heavy atom. The Morgan fingerprint density at radius 3 is 2.81 bits per heavy atom. The molecule has 1 aromatic carbocycles. The maximum atomic E-state index is 10.1. The largest absolute Gasteiger partial charge is 0.374 e. The zero-order valence-corrected chi connectivity index (χ0v) is 20.7. The van der Waals surface area contributed by atoms with Gasteiger partial charge >= 0.3 is 0 Å². The second-order valence-corrected chi connectivity index (χ2v) is 10.1. The molecule has 0 aliphatic heterocycles. The number of aryl methyl sites for hydroxylation is 1. The van der Waals surface area contributed by atoms with Crippen molar-refractivity contribution < 1.29 is 5.11 Å². The number of thiophene rings is 1. The van der Waals surface area contributed by atoms with E-state index in [1.54, 1.807) is 29.9 Å². The average molecular weight is 496 g/mol. The van der Waals surface area contributed by atoms with E-state index < -0.39 is 6.23 Å². The van der Waals surface area contributed by atoms with E-state index >= 15 is 0 Å². The van der Waals surface area contributed by atoms with Crippen molar-refractivity contribution in [1.82, 2.24) is 30.1 Å². The number of nitrogens with one attached hydrogen (secondary N) is 3. The third-order valence-electron chi connectivity index (χ3n) is 6.13. The van der Waals surface area contributed by atoms with Gasteiger partial charge in [0.25, 0.3) is 0 Å². The molecule has 1 unspecified atom stereocenters. The number of pyridine rings is 2. The van der Waals surface area contributed by atoms with Crippen LogP contribution in [0, 0.1) is 6.92 Å². The van der Waals surface area contributed by atoms with Gasteiger partial charge in [0.05, 0.1) is 28.3 Å². The Morgan fingerprint density at radius 1 is 1.08 bits per heavy atom. The summed E-state index contributed by atoms with van der Waals surface area (Å²) in [6, 6.07) is 14.5. The van der Waals surface area contributed by atoms with Crippen LogP contribution in [0.25, 0.3) is 55.2 Å². The smallest absolute Gasteiger partial charge is 0.159 e. The van der Waals surface area contributed by atoms with Crippen LogP contribution in [0.4, 0.5) is 5.69 Å². The standard InChI is InChI=1S/C27H25N7OS/c1-3-5-23(35)30-18-10-16(12-28-14-18)17-11-20-25(33-34-26(20)29-13-17)27-31-21-7-4-6-19(24(21)32-27)22-9-8-15(2)36-22/h4,6-14,23,30,35H,3,5H2,1-2H3,(H,31,32)(H,29,33,34). The Kier molecular flexibility index (Phi) is 5.71. The highest BCUT2D eigenvalue weighted by atomic mass is 32.1. The molecule has 0 radical (unpaired) electrons. The highest BCUT2D eigenvalue weighted by Crippen LogP contribution is 2.35. The summed E-state index contributed by atoms with van der Waals surface area (Å²) in [7, 11) is 0. The molecule has 8 nitrogen and oxygen atoms in total. The third kappa shape index (κ3) is 4.12. The number of H-pyrrole nitrogens is 2. The van der Waals surface area contributed by atoms with Gasteiger partial charge in [-0.05, 0) is 43.7 Å². The number of hydrogen-bond donors (Lipinski definition) is 4. The molecule has 0 spiro atoms. The molecule has 4 N–H and O–H groups in total. The molecule has 6 rings (SSSR count). The second-order valence-electron chi connectivity index (χ2n) is 8.80. The van der Waals surface area contributed by atoms with Crippen LogP contribution < -0.4 is 5.32 Å². The fourth-order valence-electron chi connectivity index (χ4n) is 4.38. The molecule has 36 heavy (non-hydrogen) atoms. The number of rotatable bonds is 7. The van der Waals surface area contributed by atoms with Crippen LogP contribution in [-0.4, -0.2) is 41.5 Å². The zero-order valence-electron chi connectivity index (χ0n) is 19.9. The summed E-state index contributed by atoms with van der Waals surface area (Å²) >= 11 is 1.76. The number of anilines is 1. The summed E-state index contributed by atoms with van der Waals surface area (Å²) in [5, 5.41) is 21.7. The van der Waals surface area contributed by atoms with Crippen molar-refractivity contribution >= 4 is 39.1 Å². The average Bonchev–Trinajstić information content (AvgIpc) is 3.61. The van der Waals surface area contributed by atoms with Crippen molar-refractivity contribution in [2.75, 3.05) is 5.32 Å². The van der Waals surface area contributed by atoms with Gasteiger partial charge in [0.1, 0.15) is 11.9 Å². The predicted octanol–water partition coefficient (Wildman–Crippen LogP) is 6.13. The number of imidazole rings is 1. The van der Waals surface area contributed by atoms with Gasteiger partial charge in [-0.1, -0.05) is 25.5 Å². The molecule has 0 fully saturated rings. The van der Waals surface area contributed by atoms with Crippen molar-refractivity contribution in [2.45, 2.75) is 32.9 Å². The van der Waals surface area contributed by atoms with E-state index in [-0.39, 0.29) is 0 Å². The van der Waals surface area contributed by atoms with E-state index in [2.05, 4.69) is 55.6 Å². The molecule has 0 amide bonds. The summed E-state index contributed by atoms with van der Waals surface area (Å²) in [6.07, 6.45) is 6.24. The van der Waals surface area contributed by atoms with Crippen molar-refractivity contribution in [3.8, 4) is 33.1 Å². The van der Waals surface area contributed by atoms with Gasteiger partial charge in [0.15, 0.2) is 11.5 Å². The first-order chi connectivity index (χ1) is 17.6. The number of para-hydroxylation sites is 1. The Labute approximate surface area is 211 Å². The summed E-state index contributed by atoms with van der Waals surface area (Å²) in [5.74, 6) is 0.687. The number of aromatic amines is 2. The molecular weight excluding hydrogens is 470 g/mol. The van der Waals surface area contributed by atoms with Crippen molar-refractivity contribution in [1.29, 1.82) is 0 Å². The van der Waals surface area contributed by atoms with Gasteiger partial charge in [-0.25, -0.2) is 9.97 Å². The van der Waals surface area contributed by atoms with Crippen LogP contribution in [0.1, 0.15) is 24.6 Å². The maximum Gasteiger partial charge on any atom is 0.159 e. The summed E-state index contributed by atoms with van der Waals surface area (Å²) in [4.78, 5) is 19.8. The van der Waals surface area contributed by atoms with Crippen LogP contribution in [0.3, 0.4) is 0 Å². The van der Waals surface area contributed by atoms with Crippen molar-refractivity contribution in [3.05, 3.63) is 65.9 Å². The molecule has 6 aromatic rings. The molecule has 0 saturated heterocycles. The Balaban J connectivity index is 1.40. The van der Waals surface area contributed by atoms with Crippen LogP contribution in [-0.2, 0) is 0 Å². The number of fused-ring (bicyclic) bond motifs is 2. The van der Waals surface area contributed by atoms with Crippen molar-refractivity contribution in [3.63, 3.8) is 0 Å². The van der Waals surface area contributed by atoms with E-state index in [1.807, 2.05) is 31.2 Å². The number of nitrogens with zero attached hydrogens (tertiary/aromatic N) is 4. The lowest BCUT2D eigenvalue weighted by Crippen LogP contribution is -2.18. The molecule has 0 aliphatic carbocycles. The first kappa shape index (κ1) is 22.4. The third-order valence-corrected chi connectivity index (χ3v) is 7.16. The number of benzene rings is 1. The molecular formula is C27H25N7OS. The van der Waals surface area contributed by atoms with Gasteiger partial charge < -0.3 is 15.4 Å². The van der Waals surface area contributed by atoms with Crippen molar-refractivity contribution in [2.24, 2.45) is 0 Å². The topological polar surface area (TPSA) is 115 Å². The van der Waals surface area contributed by atoms with Crippen LogP contribution in [0.15, 0.2) is 61.1 Å². The minimum Gasteiger partial charge on any atom is -0.374 e. The Bertz CT molecular complexity index is 1680. The van der Waals surface area contributed by atoms with E-state index in [9.17, 15) is 5.11 Å². The van der Waals surface area contributed by atoms with Gasteiger partial charge in [0.2, 0.25) is 0 Å². The SMILES string of the molecule is CCCC(O)Nc1cncc(-c2cnc3[nH]nc(-c4nc5c(-c6ccc(C)s6)cccc5[nH]4)c3c2)c1. The molecule has 1 atom stereocenters. The van der Waals surface area contributed by atoms with Gasteiger partial charge in [-0.3, -0.25) is 10.1 Å². The molecule has 0 bridgehead atoms. The number of aliphatic hydroxyl groups excluding tert-OH is 1. The summed E-state index contributed by atoms with van der Waals surface area (Å²) < 4.78 is 0. The van der Waals surface area contributed by atoms with E-state index in [4.69, 9.17) is 4.98 Å². The van der Waals surface area contributed by atoms with Gasteiger partial charge in [-0.2, -0.15) is 5.10 Å². The van der Waals surface area contributed by atoms with Gasteiger partial charge in [0, 0.05) is 38.8 Å². The molecule has 5 aromatic heterocycles. The quantitative estimate of drug-likeness (QED) is 0.198. The zero-order chi connectivity index (χ0) is 24.6. The fourth-order valence-corrected chi connectivity index (χ4v) is 5.27. The lowest BCUT2D eigenvalue weighted by Gasteiger charge is -2.13. The number of aliphatic hydroxyl groups is 1. The minimum atomic E-state index is -0.607. The molecule has 180 valence electrons. The predicted molar refractivity (Wildman–Crippen MR) is 145 cm³/mol. The van der Waals surface area contributed by atoms with E-state index in [0.717, 1.165) is 45.2 Å². The second kappa shape index (κ2) is 9.18. The first-order valence-electron chi connectivity index (χ1n) is 11.9. The van der Waals surface area contributed by atoms with E-state index in [0.29, 0.717) is 23.6 Å². The normalized spacial score (nSPS) is 12.4. The maximum absolute atomic E-state index is 10.1. The summed E-state index contributed by atoms with van der Waals surface area (Å²) in [6.45, 7) is 4.15. The lowest BCUT2D eigenvalue weighted by atomic mass is 10.1. The molecule has 5 heterocycles. The van der Waals surface area contributed by atoms with Crippen LogP contribution in [0.5, 0.6) is 0 Å². The number of hydrogen-bond acceptors (Lipinski definition) is 7. The molecule has 0 aliphatic rings. The Hall–Kier alpha value is -4.08. The minimum absolute atomic E-state index is 0.607. The summed E-state index contributed by atoms with van der Waals surface area (Å²) in [5.41, 5.74) is 6.93.